The molecule has 1 atom stereocenters. The van der Waals surface area contributed by atoms with E-state index < -0.39 is 28.5 Å². The third-order valence-electron chi connectivity index (χ3n) is 6.73. The molecule has 0 saturated carbocycles. The van der Waals surface area contributed by atoms with E-state index in [0.29, 0.717) is 22.9 Å². The lowest BCUT2D eigenvalue weighted by atomic mass is 10.1. The minimum atomic E-state index is -4.25. The molecular formula is C31H37Cl2N3O6S. The maximum absolute atomic E-state index is 14.1. The number of amides is 2. The number of ether oxygens (including phenoxy) is 2. The van der Waals surface area contributed by atoms with Crippen LogP contribution in [0.4, 0.5) is 5.69 Å². The first-order valence-corrected chi connectivity index (χ1v) is 15.8. The van der Waals surface area contributed by atoms with Crippen LogP contribution in [-0.4, -0.2) is 58.5 Å². The molecule has 0 aromatic heterocycles. The Morgan fingerprint density at radius 1 is 0.884 bits per heavy atom. The van der Waals surface area contributed by atoms with E-state index in [4.69, 9.17) is 32.7 Å². The van der Waals surface area contributed by atoms with Gasteiger partial charge >= 0.3 is 0 Å². The molecule has 0 unspecified atom stereocenters. The number of methoxy groups -OCH3 is 2. The van der Waals surface area contributed by atoms with Crippen LogP contribution in [0.2, 0.25) is 10.0 Å². The van der Waals surface area contributed by atoms with Crippen LogP contribution < -0.4 is 19.1 Å². The van der Waals surface area contributed by atoms with E-state index in [9.17, 15) is 18.0 Å². The van der Waals surface area contributed by atoms with Gasteiger partial charge in [0, 0.05) is 19.2 Å². The lowest BCUT2D eigenvalue weighted by molar-refractivity contribution is -0.139. The minimum absolute atomic E-state index is 0.000516. The number of halogens is 2. The van der Waals surface area contributed by atoms with Crippen LogP contribution in [0.3, 0.4) is 0 Å². The number of rotatable bonds is 13. The van der Waals surface area contributed by atoms with Crippen LogP contribution in [0.25, 0.3) is 0 Å². The first-order chi connectivity index (χ1) is 20.3. The molecule has 3 aromatic rings. The molecule has 0 spiro atoms. The maximum atomic E-state index is 14.1. The van der Waals surface area contributed by atoms with Crippen molar-refractivity contribution in [1.29, 1.82) is 0 Å². The predicted octanol–water partition coefficient (Wildman–Crippen LogP) is 5.70. The average Bonchev–Trinajstić information content (AvgIpc) is 2.98. The Balaban J connectivity index is 2.09. The van der Waals surface area contributed by atoms with Gasteiger partial charge in [-0.3, -0.25) is 13.9 Å². The highest BCUT2D eigenvalue weighted by Crippen LogP contribution is 2.34. The zero-order chi connectivity index (χ0) is 31.9. The summed E-state index contributed by atoms with van der Waals surface area (Å²) in [6.45, 7) is 7.16. The van der Waals surface area contributed by atoms with Crippen LogP contribution in [0, 0.1) is 12.8 Å². The maximum Gasteiger partial charge on any atom is 0.264 e. The molecule has 0 aliphatic carbocycles. The number of hydrogen-bond acceptors (Lipinski definition) is 6. The van der Waals surface area contributed by atoms with Gasteiger partial charge in [0.2, 0.25) is 11.8 Å². The van der Waals surface area contributed by atoms with Gasteiger partial charge in [-0.25, -0.2) is 8.42 Å². The minimum Gasteiger partial charge on any atom is -0.493 e. The number of carbonyl (C=O) groups is 2. The summed E-state index contributed by atoms with van der Waals surface area (Å²) in [6, 6.07) is 14.9. The van der Waals surface area contributed by atoms with Crippen LogP contribution >= 0.6 is 23.2 Å². The Hall–Kier alpha value is -3.47. The van der Waals surface area contributed by atoms with Gasteiger partial charge in [0.25, 0.3) is 10.0 Å². The number of hydrogen-bond donors (Lipinski definition) is 1. The second-order valence-corrected chi connectivity index (χ2v) is 13.1. The van der Waals surface area contributed by atoms with E-state index in [-0.39, 0.29) is 39.7 Å². The number of benzene rings is 3. The van der Waals surface area contributed by atoms with E-state index in [2.05, 4.69) is 5.32 Å². The molecule has 0 fully saturated rings. The van der Waals surface area contributed by atoms with E-state index in [1.165, 1.54) is 43.4 Å². The highest BCUT2D eigenvalue weighted by Gasteiger charge is 2.33. The summed E-state index contributed by atoms with van der Waals surface area (Å²) in [4.78, 5) is 28.6. The molecule has 0 heterocycles. The van der Waals surface area contributed by atoms with E-state index in [1.807, 2.05) is 20.8 Å². The molecule has 0 radical (unpaired) electrons. The van der Waals surface area contributed by atoms with Crippen LogP contribution in [-0.2, 0) is 26.2 Å². The van der Waals surface area contributed by atoms with Gasteiger partial charge in [0.1, 0.15) is 12.6 Å². The van der Waals surface area contributed by atoms with Gasteiger partial charge in [-0.2, -0.15) is 0 Å². The number of carbonyl (C=O) groups excluding carboxylic acids is 2. The third-order valence-corrected chi connectivity index (χ3v) is 9.26. The molecule has 3 rings (SSSR count). The molecule has 12 heteroatoms. The standard InChI is InChI=1S/C31H37Cl2N3O6S/c1-20(2)17-34-31(38)22(4)35(18-23-9-13-26(32)27(33)15-23)30(37)19-36(24-10-14-28(41-5)29(16-24)42-6)43(39,40)25-11-7-21(3)8-12-25/h7-16,20,22H,17-19H2,1-6H3,(H,34,38)/t22-/m0/s1. The second-order valence-electron chi connectivity index (χ2n) is 10.4. The summed E-state index contributed by atoms with van der Waals surface area (Å²) in [5.41, 5.74) is 1.67. The summed E-state index contributed by atoms with van der Waals surface area (Å²) in [7, 11) is -1.35. The van der Waals surface area contributed by atoms with E-state index >= 15 is 0 Å². The summed E-state index contributed by atoms with van der Waals surface area (Å²) >= 11 is 12.3. The lowest BCUT2D eigenvalue weighted by Gasteiger charge is -2.32. The summed E-state index contributed by atoms with van der Waals surface area (Å²) in [5, 5.41) is 3.49. The topological polar surface area (TPSA) is 105 Å². The molecule has 0 bridgehead atoms. The molecular weight excluding hydrogens is 613 g/mol. The molecule has 0 aliphatic heterocycles. The van der Waals surface area contributed by atoms with Crippen molar-refractivity contribution in [2.45, 2.75) is 45.2 Å². The van der Waals surface area contributed by atoms with Crippen LogP contribution in [0.1, 0.15) is 31.9 Å². The monoisotopic (exact) mass is 649 g/mol. The largest absolute Gasteiger partial charge is 0.493 e. The van der Waals surface area contributed by atoms with E-state index in [0.717, 1.165) is 9.87 Å². The van der Waals surface area contributed by atoms with Crippen molar-refractivity contribution in [3.63, 3.8) is 0 Å². The Labute approximate surface area is 263 Å². The van der Waals surface area contributed by atoms with Crippen molar-refractivity contribution < 1.29 is 27.5 Å². The molecule has 2 amide bonds. The lowest BCUT2D eigenvalue weighted by Crippen LogP contribution is -2.51. The molecule has 3 aromatic carbocycles. The van der Waals surface area contributed by atoms with Crippen molar-refractivity contribution in [1.82, 2.24) is 10.2 Å². The number of sulfonamides is 1. The molecule has 9 nitrogen and oxygen atoms in total. The van der Waals surface area contributed by atoms with Gasteiger partial charge in [-0.1, -0.05) is 60.8 Å². The van der Waals surface area contributed by atoms with Crippen LogP contribution in [0.15, 0.2) is 65.6 Å². The van der Waals surface area contributed by atoms with Crippen molar-refractivity contribution in [2.24, 2.45) is 5.92 Å². The van der Waals surface area contributed by atoms with Crippen molar-refractivity contribution in [3.8, 4) is 11.5 Å². The fraction of sp³-hybridized carbons (Fsp3) is 0.355. The van der Waals surface area contributed by atoms with Gasteiger partial charge < -0.3 is 19.7 Å². The Bertz CT molecular complexity index is 1550. The summed E-state index contributed by atoms with van der Waals surface area (Å²) in [6.07, 6.45) is 0. The fourth-order valence-corrected chi connectivity index (χ4v) is 5.94. The molecule has 0 saturated heterocycles. The highest BCUT2D eigenvalue weighted by molar-refractivity contribution is 7.92. The SMILES string of the molecule is COc1ccc(N(CC(=O)N(Cc2ccc(Cl)c(Cl)c2)[C@@H](C)C(=O)NCC(C)C)S(=O)(=O)c2ccc(C)cc2)cc1OC. The van der Waals surface area contributed by atoms with Gasteiger partial charge in [-0.05, 0) is 61.7 Å². The second kappa shape index (κ2) is 14.8. The van der Waals surface area contributed by atoms with Crippen molar-refractivity contribution >= 4 is 50.7 Å². The fourth-order valence-electron chi connectivity index (χ4n) is 4.22. The normalized spacial score (nSPS) is 12.0. The number of nitrogens with one attached hydrogen (secondary N) is 1. The molecule has 43 heavy (non-hydrogen) atoms. The number of anilines is 1. The predicted molar refractivity (Wildman–Crippen MR) is 170 cm³/mol. The van der Waals surface area contributed by atoms with Gasteiger partial charge in [0.05, 0.1) is 34.8 Å². The average molecular weight is 651 g/mol. The Kier molecular flexibility index (Phi) is 11.7. The first kappa shape index (κ1) is 34.0. The number of aryl methyl sites for hydroxylation is 1. The molecule has 232 valence electrons. The smallest absolute Gasteiger partial charge is 0.264 e. The summed E-state index contributed by atoms with van der Waals surface area (Å²) < 4.78 is 39.8. The first-order valence-electron chi connectivity index (χ1n) is 13.6. The third kappa shape index (κ3) is 8.55. The molecule has 0 aliphatic rings. The zero-order valence-electron chi connectivity index (χ0n) is 25.1. The van der Waals surface area contributed by atoms with Gasteiger partial charge in [-0.15, -0.1) is 0 Å². The van der Waals surface area contributed by atoms with E-state index in [1.54, 1.807) is 43.3 Å². The quantitative estimate of drug-likeness (QED) is 0.255. The molecule has 1 N–H and O–H groups in total. The highest BCUT2D eigenvalue weighted by atomic mass is 35.5. The van der Waals surface area contributed by atoms with Crippen molar-refractivity contribution in [2.75, 3.05) is 31.6 Å². The zero-order valence-corrected chi connectivity index (χ0v) is 27.4. The van der Waals surface area contributed by atoms with Crippen LogP contribution in [0.5, 0.6) is 11.5 Å². The number of nitrogens with zero attached hydrogens (tertiary/aromatic N) is 2. The summed E-state index contributed by atoms with van der Waals surface area (Å²) in [5.74, 6) is -0.118. The van der Waals surface area contributed by atoms with Crippen molar-refractivity contribution in [3.05, 3.63) is 81.8 Å². The van der Waals surface area contributed by atoms with Gasteiger partial charge in [0.15, 0.2) is 11.5 Å². The Morgan fingerprint density at radius 3 is 2.12 bits per heavy atom. The Morgan fingerprint density at radius 2 is 1.53 bits per heavy atom.